The lowest BCUT2D eigenvalue weighted by Crippen LogP contribution is -2.55. The number of aliphatic hydroxyl groups excluding tert-OH is 1. The molecule has 64 valence electrons. The van der Waals surface area contributed by atoms with Crippen molar-refractivity contribution >= 4 is 5.91 Å². The van der Waals surface area contributed by atoms with Gasteiger partial charge in [-0.1, -0.05) is 0 Å². The molecule has 0 saturated carbocycles. The lowest BCUT2D eigenvalue weighted by molar-refractivity contribution is -0.120. The lowest BCUT2D eigenvalue weighted by Gasteiger charge is -2.34. The first-order chi connectivity index (χ1) is 5.11. The largest absolute Gasteiger partial charge is 0.378 e. The second-order valence-corrected chi connectivity index (χ2v) is 2.86. The fourth-order valence-electron chi connectivity index (χ4n) is 1.04. The van der Waals surface area contributed by atoms with Gasteiger partial charge in [0.05, 0.1) is 6.04 Å². The molecule has 1 fully saturated rings. The van der Waals surface area contributed by atoms with Gasteiger partial charge in [0.2, 0.25) is 5.91 Å². The maximum absolute atomic E-state index is 10.5. The Morgan fingerprint density at radius 1 is 1.82 bits per heavy atom. The molecule has 3 atom stereocenters. The maximum Gasteiger partial charge on any atom is 0.234 e. The first-order valence-electron chi connectivity index (χ1n) is 3.57. The third kappa shape index (κ3) is 1.89. The third-order valence-electron chi connectivity index (χ3n) is 1.96. The minimum Gasteiger partial charge on any atom is -0.378 e. The molecule has 0 aliphatic carbocycles. The van der Waals surface area contributed by atoms with Gasteiger partial charge in [-0.05, 0) is 6.42 Å². The number of rotatable bonds is 3. The van der Waals surface area contributed by atoms with E-state index in [9.17, 15) is 4.79 Å². The van der Waals surface area contributed by atoms with Gasteiger partial charge in [0.1, 0.15) is 6.23 Å². The van der Waals surface area contributed by atoms with Crippen molar-refractivity contribution in [3.63, 3.8) is 0 Å². The van der Waals surface area contributed by atoms with Crippen molar-refractivity contribution in [1.29, 1.82) is 0 Å². The average Bonchev–Trinajstić information content (AvgIpc) is 1.96. The average molecular weight is 159 g/mol. The summed E-state index contributed by atoms with van der Waals surface area (Å²) < 4.78 is 0. The van der Waals surface area contributed by atoms with E-state index in [0.717, 1.165) is 0 Å². The molecule has 1 rings (SSSR count). The number of carbonyl (C=O) groups is 1. The summed E-state index contributed by atoms with van der Waals surface area (Å²) >= 11 is 0. The van der Waals surface area contributed by atoms with Crippen LogP contribution >= 0.6 is 0 Å². The van der Waals surface area contributed by atoms with Crippen molar-refractivity contribution in [1.82, 2.24) is 5.32 Å². The zero-order valence-corrected chi connectivity index (χ0v) is 6.16. The molecule has 2 unspecified atom stereocenters. The summed E-state index contributed by atoms with van der Waals surface area (Å²) in [5.74, 6) is -0.429. The van der Waals surface area contributed by atoms with E-state index >= 15 is 0 Å². The van der Waals surface area contributed by atoms with Crippen LogP contribution in [0.3, 0.4) is 0 Å². The van der Waals surface area contributed by atoms with Crippen LogP contribution in [-0.2, 0) is 4.79 Å². The maximum atomic E-state index is 10.5. The van der Waals surface area contributed by atoms with Gasteiger partial charge in [-0.3, -0.25) is 10.1 Å². The Hall–Kier alpha value is -0.650. The molecule has 0 radical (unpaired) electrons. The number of nitrogens with one attached hydrogen (secondary N) is 1. The minimum absolute atomic E-state index is 0.0810. The summed E-state index contributed by atoms with van der Waals surface area (Å²) in [6.07, 6.45) is -0.0517. The van der Waals surface area contributed by atoms with Gasteiger partial charge < -0.3 is 16.6 Å². The molecule has 6 N–H and O–H groups in total. The number of aliphatic hydroxyl groups is 1. The van der Waals surface area contributed by atoms with Gasteiger partial charge in [-0.25, -0.2) is 0 Å². The van der Waals surface area contributed by atoms with Gasteiger partial charge in [0.15, 0.2) is 0 Å². The van der Waals surface area contributed by atoms with Crippen molar-refractivity contribution in [3.05, 3.63) is 0 Å². The van der Waals surface area contributed by atoms with Crippen molar-refractivity contribution in [2.75, 3.05) is 6.54 Å². The molecular weight excluding hydrogens is 146 g/mol. The SMILES string of the molecule is NC(=O)[C@@H](N)CC1CNC1O. The van der Waals surface area contributed by atoms with Crippen molar-refractivity contribution in [2.24, 2.45) is 17.4 Å². The van der Waals surface area contributed by atoms with Crippen molar-refractivity contribution < 1.29 is 9.90 Å². The van der Waals surface area contributed by atoms with Crippen LogP contribution < -0.4 is 16.8 Å². The molecule has 1 aliphatic rings. The standard InChI is InChI=1S/C6H13N3O2/c7-4(5(8)10)1-3-2-9-6(3)11/h3-4,6,9,11H,1-2,7H2,(H2,8,10)/t3?,4-,6?/m0/s1. The number of amides is 1. The summed E-state index contributed by atoms with van der Waals surface area (Å²) in [5.41, 5.74) is 10.3. The molecule has 0 aromatic carbocycles. The molecule has 0 spiro atoms. The molecule has 1 aliphatic heterocycles. The van der Waals surface area contributed by atoms with E-state index in [4.69, 9.17) is 16.6 Å². The molecule has 11 heavy (non-hydrogen) atoms. The van der Waals surface area contributed by atoms with E-state index in [1.807, 2.05) is 0 Å². The van der Waals surface area contributed by atoms with Crippen LogP contribution in [0.5, 0.6) is 0 Å². The fraction of sp³-hybridized carbons (Fsp3) is 0.833. The molecule has 5 heteroatoms. The number of primary amides is 1. The zero-order chi connectivity index (χ0) is 8.43. The van der Waals surface area contributed by atoms with Crippen LogP contribution in [0.2, 0.25) is 0 Å². The predicted octanol–water partition coefficient (Wildman–Crippen LogP) is -2.27. The molecule has 0 aromatic heterocycles. The number of hydrogen-bond donors (Lipinski definition) is 4. The first-order valence-corrected chi connectivity index (χ1v) is 3.57. The summed E-state index contributed by atoms with van der Waals surface area (Å²) in [7, 11) is 0. The minimum atomic E-state index is -0.628. The topological polar surface area (TPSA) is 101 Å². The number of carbonyl (C=O) groups excluding carboxylic acids is 1. The molecular formula is C6H13N3O2. The van der Waals surface area contributed by atoms with Crippen LogP contribution in [-0.4, -0.2) is 29.8 Å². The van der Waals surface area contributed by atoms with Gasteiger partial charge in [0, 0.05) is 12.5 Å². The molecule has 1 saturated heterocycles. The summed E-state index contributed by atoms with van der Waals surface area (Å²) in [5, 5.41) is 11.8. The van der Waals surface area contributed by atoms with Crippen molar-refractivity contribution in [2.45, 2.75) is 18.7 Å². The quantitative estimate of drug-likeness (QED) is 0.373. The molecule has 1 amide bonds. The molecule has 0 aromatic rings. The highest BCUT2D eigenvalue weighted by Gasteiger charge is 2.30. The second-order valence-electron chi connectivity index (χ2n) is 2.86. The first kappa shape index (κ1) is 8.45. The van der Waals surface area contributed by atoms with E-state index < -0.39 is 18.2 Å². The second kappa shape index (κ2) is 3.17. The zero-order valence-electron chi connectivity index (χ0n) is 6.16. The number of hydrogen-bond acceptors (Lipinski definition) is 4. The van der Waals surface area contributed by atoms with E-state index in [2.05, 4.69) is 5.32 Å². The number of nitrogens with two attached hydrogens (primary N) is 2. The highest BCUT2D eigenvalue weighted by atomic mass is 16.3. The Kier molecular flexibility index (Phi) is 2.43. The Labute approximate surface area is 64.7 Å². The van der Waals surface area contributed by atoms with E-state index in [1.54, 1.807) is 0 Å². The van der Waals surface area contributed by atoms with Crippen LogP contribution in [0, 0.1) is 5.92 Å². The van der Waals surface area contributed by atoms with E-state index in [0.29, 0.717) is 13.0 Å². The van der Waals surface area contributed by atoms with Gasteiger partial charge in [0.25, 0.3) is 0 Å². The van der Waals surface area contributed by atoms with Crippen LogP contribution in [0.15, 0.2) is 0 Å². The van der Waals surface area contributed by atoms with Crippen molar-refractivity contribution in [3.8, 4) is 0 Å². The monoisotopic (exact) mass is 159 g/mol. The Morgan fingerprint density at radius 2 is 2.45 bits per heavy atom. The summed E-state index contributed by atoms with van der Waals surface area (Å²) in [4.78, 5) is 10.5. The highest BCUT2D eigenvalue weighted by Crippen LogP contribution is 2.15. The van der Waals surface area contributed by atoms with E-state index in [1.165, 1.54) is 0 Å². The van der Waals surface area contributed by atoms with E-state index in [-0.39, 0.29) is 5.92 Å². The van der Waals surface area contributed by atoms with Crippen LogP contribution in [0.4, 0.5) is 0 Å². The molecule has 0 bridgehead atoms. The fourth-order valence-corrected chi connectivity index (χ4v) is 1.04. The highest BCUT2D eigenvalue weighted by molar-refractivity contribution is 5.79. The van der Waals surface area contributed by atoms with Gasteiger partial charge >= 0.3 is 0 Å². The molecule has 5 nitrogen and oxygen atoms in total. The Balaban J connectivity index is 2.25. The summed E-state index contributed by atoms with van der Waals surface area (Å²) in [6, 6.07) is -0.628. The summed E-state index contributed by atoms with van der Waals surface area (Å²) in [6.45, 7) is 0.710. The lowest BCUT2D eigenvalue weighted by atomic mass is 9.92. The Bertz CT molecular complexity index is 162. The van der Waals surface area contributed by atoms with Crippen LogP contribution in [0.25, 0.3) is 0 Å². The Morgan fingerprint density at radius 3 is 2.73 bits per heavy atom. The molecule has 1 heterocycles. The van der Waals surface area contributed by atoms with Gasteiger partial charge in [-0.2, -0.15) is 0 Å². The third-order valence-corrected chi connectivity index (χ3v) is 1.96. The van der Waals surface area contributed by atoms with Crippen LogP contribution in [0.1, 0.15) is 6.42 Å². The normalized spacial score (nSPS) is 32.5. The predicted molar refractivity (Wildman–Crippen MR) is 39.3 cm³/mol. The van der Waals surface area contributed by atoms with Gasteiger partial charge in [-0.15, -0.1) is 0 Å². The smallest absolute Gasteiger partial charge is 0.234 e.